The van der Waals surface area contributed by atoms with Crippen LogP contribution in [0.3, 0.4) is 0 Å². The SMILES string of the molecule is Cc1cc(F)c(CCC=O)cc1S(C)(=O)=O. The number of sulfone groups is 1. The maximum Gasteiger partial charge on any atom is 0.175 e. The fourth-order valence-electron chi connectivity index (χ4n) is 1.50. The molecule has 0 saturated heterocycles. The van der Waals surface area contributed by atoms with Crippen molar-refractivity contribution in [2.45, 2.75) is 24.7 Å². The lowest BCUT2D eigenvalue weighted by Gasteiger charge is -2.07. The van der Waals surface area contributed by atoms with Crippen LogP contribution in [0.2, 0.25) is 0 Å². The molecule has 0 aromatic heterocycles. The van der Waals surface area contributed by atoms with Gasteiger partial charge in [-0.2, -0.15) is 0 Å². The fraction of sp³-hybridized carbons (Fsp3) is 0.364. The van der Waals surface area contributed by atoms with Gasteiger partial charge in [-0.15, -0.1) is 0 Å². The first-order valence-electron chi connectivity index (χ1n) is 4.79. The third-order valence-corrected chi connectivity index (χ3v) is 3.51. The van der Waals surface area contributed by atoms with Crippen molar-refractivity contribution < 1.29 is 17.6 Å². The van der Waals surface area contributed by atoms with Gasteiger partial charge in [-0.3, -0.25) is 0 Å². The van der Waals surface area contributed by atoms with E-state index in [1.807, 2.05) is 0 Å². The summed E-state index contributed by atoms with van der Waals surface area (Å²) in [5.41, 5.74) is 0.646. The summed E-state index contributed by atoms with van der Waals surface area (Å²) in [5, 5.41) is 0. The molecule has 0 aliphatic heterocycles. The van der Waals surface area contributed by atoms with Gasteiger partial charge in [0.05, 0.1) is 4.90 Å². The summed E-state index contributed by atoms with van der Waals surface area (Å²) >= 11 is 0. The third kappa shape index (κ3) is 2.88. The van der Waals surface area contributed by atoms with E-state index >= 15 is 0 Å². The van der Waals surface area contributed by atoms with E-state index in [9.17, 15) is 17.6 Å². The lowest BCUT2D eigenvalue weighted by Crippen LogP contribution is -2.03. The Kier molecular flexibility index (Phi) is 3.80. The number of hydrogen-bond acceptors (Lipinski definition) is 3. The Labute approximate surface area is 94.2 Å². The van der Waals surface area contributed by atoms with E-state index < -0.39 is 15.7 Å². The van der Waals surface area contributed by atoms with Crippen LogP contribution < -0.4 is 0 Å². The average molecular weight is 244 g/mol. The van der Waals surface area contributed by atoms with Gasteiger partial charge in [-0.1, -0.05) is 0 Å². The molecule has 88 valence electrons. The Hall–Kier alpha value is -1.23. The second kappa shape index (κ2) is 4.74. The molecule has 0 aliphatic rings. The average Bonchev–Trinajstić information content (AvgIpc) is 2.14. The number of aryl methyl sites for hydroxylation is 2. The van der Waals surface area contributed by atoms with Crippen molar-refractivity contribution >= 4 is 16.1 Å². The summed E-state index contributed by atoms with van der Waals surface area (Å²) in [6.45, 7) is 1.54. The topological polar surface area (TPSA) is 51.2 Å². The molecule has 16 heavy (non-hydrogen) atoms. The van der Waals surface area contributed by atoms with Crippen LogP contribution in [0.5, 0.6) is 0 Å². The highest BCUT2D eigenvalue weighted by Gasteiger charge is 2.14. The quantitative estimate of drug-likeness (QED) is 0.598. The Balaban J connectivity index is 3.27. The van der Waals surface area contributed by atoms with E-state index in [-0.39, 0.29) is 23.3 Å². The number of hydrogen-bond donors (Lipinski definition) is 0. The van der Waals surface area contributed by atoms with Crippen LogP contribution in [0.25, 0.3) is 0 Å². The predicted octanol–water partition coefficient (Wildman–Crippen LogP) is 1.67. The molecular formula is C11H13FO3S. The maximum absolute atomic E-state index is 13.4. The summed E-state index contributed by atoms with van der Waals surface area (Å²) in [6, 6.07) is 2.50. The second-order valence-corrected chi connectivity index (χ2v) is 5.67. The minimum Gasteiger partial charge on any atom is -0.303 e. The highest BCUT2D eigenvalue weighted by atomic mass is 32.2. The molecule has 0 saturated carbocycles. The van der Waals surface area contributed by atoms with Gasteiger partial charge >= 0.3 is 0 Å². The Morgan fingerprint density at radius 1 is 1.38 bits per heavy atom. The highest BCUT2D eigenvalue weighted by molar-refractivity contribution is 7.90. The summed E-state index contributed by atoms with van der Waals surface area (Å²) in [6.07, 6.45) is 2.16. The van der Waals surface area contributed by atoms with Gasteiger partial charge in [0.1, 0.15) is 12.1 Å². The number of benzene rings is 1. The van der Waals surface area contributed by atoms with Crippen LogP contribution in [0.1, 0.15) is 17.5 Å². The molecule has 0 unspecified atom stereocenters. The maximum atomic E-state index is 13.4. The summed E-state index contributed by atoms with van der Waals surface area (Å²) in [7, 11) is -3.35. The lowest BCUT2D eigenvalue weighted by atomic mass is 10.1. The van der Waals surface area contributed by atoms with Gasteiger partial charge < -0.3 is 4.79 Å². The number of carbonyl (C=O) groups excluding carboxylic acids is 1. The van der Waals surface area contributed by atoms with Crippen molar-refractivity contribution in [1.82, 2.24) is 0 Å². The Morgan fingerprint density at radius 2 is 2.00 bits per heavy atom. The van der Waals surface area contributed by atoms with E-state index in [1.54, 1.807) is 6.92 Å². The molecule has 1 rings (SSSR count). The van der Waals surface area contributed by atoms with Crippen molar-refractivity contribution in [3.8, 4) is 0 Å². The molecule has 0 atom stereocenters. The lowest BCUT2D eigenvalue weighted by molar-refractivity contribution is -0.107. The first kappa shape index (κ1) is 12.8. The molecule has 0 amide bonds. The Morgan fingerprint density at radius 3 is 2.50 bits per heavy atom. The molecular weight excluding hydrogens is 231 g/mol. The standard InChI is InChI=1S/C11H13FO3S/c1-8-6-10(12)9(4-3-5-13)7-11(8)16(2,14)15/h5-7H,3-4H2,1-2H3. The zero-order valence-corrected chi connectivity index (χ0v) is 9.97. The number of rotatable bonds is 4. The normalized spacial score (nSPS) is 11.4. The summed E-state index contributed by atoms with van der Waals surface area (Å²) in [5.74, 6) is -0.466. The Bertz CT molecular complexity index is 506. The molecule has 1 aromatic rings. The first-order chi connectivity index (χ1) is 7.36. The molecule has 0 spiro atoms. The van der Waals surface area contributed by atoms with Crippen LogP contribution >= 0.6 is 0 Å². The molecule has 1 aromatic carbocycles. The predicted molar refractivity (Wildman–Crippen MR) is 58.6 cm³/mol. The molecule has 0 bridgehead atoms. The second-order valence-electron chi connectivity index (χ2n) is 3.69. The van der Waals surface area contributed by atoms with Gasteiger partial charge in [-0.25, -0.2) is 12.8 Å². The van der Waals surface area contributed by atoms with Crippen LogP contribution in [-0.4, -0.2) is 21.0 Å². The zero-order chi connectivity index (χ0) is 12.3. The molecule has 0 fully saturated rings. The molecule has 0 aliphatic carbocycles. The van der Waals surface area contributed by atoms with E-state index in [4.69, 9.17) is 0 Å². The first-order valence-corrected chi connectivity index (χ1v) is 6.68. The van der Waals surface area contributed by atoms with E-state index in [2.05, 4.69) is 0 Å². The summed E-state index contributed by atoms with van der Waals surface area (Å²) in [4.78, 5) is 10.3. The smallest absolute Gasteiger partial charge is 0.175 e. The third-order valence-electron chi connectivity index (χ3n) is 2.27. The number of aldehydes is 1. The minimum atomic E-state index is -3.35. The largest absolute Gasteiger partial charge is 0.303 e. The monoisotopic (exact) mass is 244 g/mol. The van der Waals surface area contributed by atoms with Crippen molar-refractivity contribution in [3.05, 3.63) is 29.1 Å². The van der Waals surface area contributed by atoms with E-state index in [0.717, 1.165) is 6.26 Å². The van der Waals surface area contributed by atoms with Crippen molar-refractivity contribution in [2.75, 3.05) is 6.26 Å². The molecule has 5 heteroatoms. The summed E-state index contributed by atoms with van der Waals surface area (Å²) < 4.78 is 36.2. The van der Waals surface area contributed by atoms with Gasteiger partial charge in [0.2, 0.25) is 0 Å². The van der Waals surface area contributed by atoms with Crippen LogP contribution in [0, 0.1) is 12.7 Å². The van der Waals surface area contributed by atoms with Gasteiger partial charge in [0, 0.05) is 12.7 Å². The van der Waals surface area contributed by atoms with Gasteiger partial charge in [0.15, 0.2) is 9.84 Å². The zero-order valence-electron chi connectivity index (χ0n) is 9.16. The fourth-order valence-corrected chi connectivity index (χ4v) is 2.50. The van der Waals surface area contributed by atoms with E-state index in [1.165, 1.54) is 12.1 Å². The number of carbonyl (C=O) groups is 1. The van der Waals surface area contributed by atoms with Crippen LogP contribution in [0.15, 0.2) is 17.0 Å². The number of halogens is 1. The van der Waals surface area contributed by atoms with Crippen molar-refractivity contribution in [1.29, 1.82) is 0 Å². The molecule has 0 heterocycles. The van der Waals surface area contributed by atoms with Crippen molar-refractivity contribution in [3.63, 3.8) is 0 Å². The molecule has 0 N–H and O–H groups in total. The van der Waals surface area contributed by atoms with Gasteiger partial charge in [0.25, 0.3) is 0 Å². The highest BCUT2D eigenvalue weighted by Crippen LogP contribution is 2.20. The van der Waals surface area contributed by atoms with E-state index in [0.29, 0.717) is 11.8 Å². The van der Waals surface area contributed by atoms with Crippen LogP contribution in [-0.2, 0) is 21.1 Å². The molecule has 3 nitrogen and oxygen atoms in total. The van der Waals surface area contributed by atoms with Gasteiger partial charge in [-0.05, 0) is 36.6 Å². The minimum absolute atomic E-state index is 0.120. The van der Waals surface area contributed by atoms with Crippen LogP contribution in [0.4, 0.5) is 4.39 Å². The molecule has 0 radical (unpaired) electrons. The van der Waals surface area contributed by atoms with Crippen molar-refractivity contribution in [2.24, 2.45) is 0 Å².